The lowest BCUT2D eigenvalue weighted by atomic mass is 10.2. The van der Waals surface area contributed by atoms with E-state index in [2.05, 4.69) is 23.9 Å². The van der Waals surface area contributed by atoms with E-state index < -0.39 is 11.0 Å². The molecular formula is C21H28ClN3O2S2. The van der Waals surface area contributed by atoms with Crippen LogP contribution in [0.3, 0.4) is 0 Å². The van der Waals surface area contributed by atoms with E-state index in [4.69, 9.17) is 11.6 Å². The summed E-state index contributed by atoms with van der Waals surface area (Å²) in [4.78, 5) is 18.9. The van der Waals surface area contributed by atoms with Gasteiger partial charge in [-0.3, -0.25) is 4.79 Å². The second-order valence-electron chi connectivity index (χ2n) is 7.22. The molecule has 2 heterocycles. The van der Waals surface area contributed by atoms with Crippen LogP contribution in [-0.4, -0.2) is 33.3 Å². The van der Waals surface area contributed by atoms with Crippen molar-refractivity contribution in [2.24, 2.45) is 0 Å². The summed E-state index contributed by atoms with van der Waals surface area (Å²) in [6.45, 7) is 2.87. The summed E-state index contributed by atoms with van der Waals surface area (Å²) in [5.74, 6) is 0.988. The molecule has 1 aromatic heterocycles. The minimum Gasteiger partial charge on any atom is -0.306 e. The van der Waals surface area contributed by atoms with Crippen molar-refractivity contribution in [1.29, 1.82) is 0 Å². The molecule has 0 saturated heterocycles. The molecule has 0 aliphatic carbocycles. The predicted molar refractivity (Wildman–Crippen MR) is 124 cm³/mol. The van der Waals surface area contributed by atoms with Gasteiger partial charge in [0.05, 0.1) is 5.02 Å². The summed E-state index contributed by atoms with van der Waals surface area (Å²) in [7, 11) is -1.31. The maximum absolute atomic E-state index is 13.1. The van der Waals surface area contributed by atoms with Crippen molar-refractivity contribution in [2.45, 2.75) is 50.3 Å². The first-order chi connectivity index (χ1) is 14.0. The summed E-state index contributed by atoms with van der Waals surface area (Å²) in [5, 5.41) is 0.427. The maximum atomic E-state index is 13.1. The maximum Gasteiger partial charge on any atom is 0.276 e. The Labute approximate surface area is 184 Å². The van der Waals surface area contributed by atoms with Crippen LogP contribution in [0, 0.1) is 0 Å². The number of hydrogen-bond donors (Lipinski definition) is 1. The molecule has 0 fully saturated rings. The molecule has 8 heteroatoms. The van der Waals surface area contributed by atoms with Crippen molar-refractivity contribution >= 4 is 45.9 Å². The summed E-state index contributed by atoms with van der Waals surface area (Å²) in [6.07, 6.45) is 10.4. The lowest BCUT2D eigenvalue weighted by Gasteiger charge is -2.19. The zero-order valence-electron chi connectivity index (χ0n) is 16.9. The van der Waals surface area contributed by atoms with E-state index in [1.807, 2.05) is 17.8 Å². The smallest absolute Gasteiger partial charge is 0.276 e. The molecule has 1 amide bonds. The van der Waals surface area contributed by atoms with Crippen LogP contribution >= 0.6 is 23.4 Å². The van der Waals surface area contributed by atoms with Gasteiger partial charge in [-0.15, -0.1) is 11.8 Å². The molecule has 0 bridgehead atoms. The van der Waals surface area contributed by atoms with Crippen molar-refractivity contribution in [3.8, 4) is 0 Å². The van der Waals surface area contributed by atoms with E-state index in [-0.39, 0.29) is 5.91 Å². The largest absolute Gasteiger partial charge is 0.306 e. The highest BCUT2D eigenvalue weighted by molar-refractivity contribution is 7.99. The summed E-state index contributed by atoms with van der Waals surface area (Å²) in [5.41, 5.74) is 2.53. The Morgan fingerprint density at radius 2 is 2.03 bits per heavy atom. The van der Waals surface area contributed by atoms with Crippen LogP contribution in [0.1, 0.15) is 55.1 Å². The van der Waals surface area contributed by atoms with Gasteiger partial charge in [-0.1, -0.05) is 44.2 Å². The zero-order valence-corrected chi connectivity index (χ0v) is 19.3. The number of fused-ring (bicyclic) bond motifs is 1. The molecule has 1 unspecified atom stereocenters. The van der Waals surface area contributed by atoms with Crippen LogP contribution in [0.5, 0.6) is 0 Å². The van der Waals surface area contributed by atoms with Gasteiger partial charge in [0, 0.05) is 29.6 Å². The van der Waals surface area contributed by atoms with Gasteiger partial charge >= 0.3 is 0 Å². The Morgan fingerprint density at radius 3 is 2.79 bits per heavy atom. The van der Waals surface area contributed by atoms with E-state index in [0.717, 1.165) is 17.9 Å². The van der Waals surface area contributed by atoms with E-state index in [1.165, 1.54) is 53.5 Å². The number of amides is 1. The molecule has 1 atom stereocenters. The average Bonchev–Trinajstić information content (AvgIpc) is 3.26. The minimum atomic E-state index is -1.31. The predicted octanol–water partition coefficient (Wildman–Crippen LogP) is 5.24. The van der Waals surface area contributed by atoms with Gasteiger partial charge in [-0.05, 0) is 48.4 Å². The highest BCUT2D eigenvalue weighted by Crippen LogP contribution is 2.33. The van der Waals surface area contributed by atoms with Gasteiger partial charge in [-0.2, -0.15) is 0 Å². The third-order valence-electron chi connectivity index (χ3n) is 4.94. The molecule has 1 N–H and O–H groups in total. The minimum absolute atomic E-state index is 0.148. The lowest BCUT2D eigenvalue weighted by Crippen LogP contribution is -2.32. The molecule has 0 saturated carbocycles. The Kier molecular flexibility index (Phi) is 8.09. The molecule has 158 valence electrons. The number of hydrogen-bond acceptors (Lipinski definition) is 3. The third-order valence-corrected chi connectivity index (χ3v) is 6.68. The SMILES string of the molecule is CCCCCCCSc1ccc2c(c1)CCN2C(=O)c1cc(Cl)cn1NS(C)=O. The van der Waals surface area contributed by atoms with Crippen LogP contribution in [0.15, 0.2) is 35.4 Å². The fraction of sp³-hybridized carbons (Fsp3) is 0.476. The fourth-order valence-corrected chi connectivity index (χ4v) is 5.12. The van der Waals surface area contributed by atoms with E-state index >= 15 is 0 Å². The number of carbonyl (C=O) groups is 1. The van der Waals surface area contributed by atoms with Gasteiger partial charge in [0.2, 0.25) is 0 Å². The van der Waals surface area contributed by atoms with Gasteiger partial charge in [0.15, 0.2) is 0 Å². The molecule has 1 aromatic carbocycles. The van der Waals surface area contributed by atoms with Gasteiger partial charge in [0.1, 0.15) is 16.7 Å². The normalized spacial score (nSPS) is 14.1. The van der Waals surface area contributed by atoms with Crippen molar-refractivity contribution in [3.05, 3.63) is 46.7 Å². The first-order valence-corrected chi connectivity index (χ1v) is 13.0. The number of nitrogens with zero attached hydrogens (tertiary/aromatic N) is 2. The molecule has 2 aromatic rings. The number of aromatic nitrogens is 1. The summed E-state index contributed by atoms with van der Waals surface area (Å²) < 4.78 is 13.0. The zero-order chi connectivity index (χ0) is 20.8. The highest BCUT2D eigenvalue weighted by atomic mass is 35.5. The van der Waals surface area contributed by atoms with E-state index in [0.29, 0.717) is 17.3 Å². The monoisotopic (exact) mass is 453 g/mol. The van der Waals surface area contributed by atoms with Crippen molar-refractivity contribution < 1.29 is 9.00 Å². The van der Waals surface area contributed by atoms with E-state index in [1.54, 1.807) is 17.2 Å². The van der Waals surface area contributed by atoms with Crippen LogP contribution in [0.4, 0.5) is 5.69 Å². The molecule has 5 nitrogen and oxygen atoms in total. The van der Waals surface area contributed by atoms with Crippen LogP contribution < -0.4 is 9.73 Å². The standard InChI is InChI=1S/C21H28ClN3O2S2/c1-3-4-5-6-7-12-28-18-8-9-19-16(13-18)10-11-24(19)21(26)20-14-17(22)15-25(20)23-29(2)27/h8-9,13-15,23H,3-7,10-12H2,1-2H3. The summed E-state index contributed by atoms with van der Waals surface area (Å²) in [6, 6.07) is 7.96. The fourth-order valence-electron chi connectivity index (χ4n) is 3.52. The molecule has 3 rings (SSSR count). The second kappa shape index (κ2) is 10.5. The quantitative estimate of drug-likeness (QED) is 0.395. The number of nitrogens with one attached hydrogen (secondary N) is 1. The molecule has 0 radical (unpaired) electrons. The average molecular weight is 454 g/mol. The highest BCUT2D eigenvalue weighted by Gasteiger charge is 2.28. The molecule has 0 spiro atoms. The summed E-state index contributed by atoms with van der Waals surface area (Å²) >= 11 is 7.97. The van der Waals surface area contributed by atoms with Gasteiger partial charge < -0.3 is 4.90 Å². The third kappa shape index (κ3) is 5.80. The van der Waals surface area contributed by atoms with Crippen molar-refractivity contribution in [2.75, 3.05) is 28.3 Å². The topological polar surface area (TPSA) is 54.3 Å². The van der Waals surface area contributed by atoms with Gasteiger partial charge in [-0.25, -0.2) is 13.7 Å². The molecule has 1 aliphatic rings. The first kappa shape index (κ1) is 22.2. The number of halogens is 1. The van der Waals surface area contributed by atoms with Crippen LogP contribution in [0.25, 0.3) is 0 Å². The Bertz CT molecular complexity index is 885. The number of thioether (sulfide) groups is 1. The van der Waals surface area contributed by atoms with Crippen molar-refractivity contribution in [1.82, 2.24) is 4.68 Å². The number of rotatable bonds is 10. The Morgan fingerprint density at radius 1 is 1.24 bits per heavy atom. The number of benzene rings is 1. The Balaban J connectivity index is 1.65. The molecular weight excluding hydrogens is 426 g/mol. The van der Waals surface area contributed by atoms with Gasteiger partial charge in [0.25, 0.3) is 5.91 Å². The van der Waals surface area contributed by atoms with Crippen molar-refractivity contribution in [3.63, 3.8) is 0 Å². The lowest BCUT2D eigenvalue weighted by molar-refractivity contribution is 0.0982. The van der Waals surface area contributed by atoms with Crippen LogP contribution in [0.2, 0.25) is 5.02 Å². The number of unbranched alkanes of at least 4 members (excludes halogenated alkanes) is 4. The first-order valence-electron chi connectivity index (χ1n) is 10.0. The molecule has 1 aliphatic heterocycles. The van der Waals surface area contributed by atoms with Crippen LogP contribution in [-0.2, 0) is 17.4 Å². The number of carbonyl (C=O) groups excluding carboxylic acids is 1. The van der Waals surface area contributed by atoms with E-state index in [9.17, 15) is 9.00 Å². The number of anilines is 1. The second-order valence-corrected chi connectivity index (χ2v) is 9.91. The molecule has 29 heavy (non-hydrogen) atoms. The Hall–Kier alpha value is -1.44.